The summed E-state index contributed by atoms with van der Waals surface area (Å²) in [5.41, 5.74) is 1.71. The van der Waals surface area contributed by atoms with Crippen molar-refractivity contribution in [1.29, 1.82) is 0 Å². The molecule has 2 aromatic carbocycles. The lowest BCUT2D eigenvalue weighted by Gasteiger charge is -2.28. The first-order valence-electron chi connectivity index (χ1n) is 10.3. The fourth-order valence-corrected chi connectivity index (χ4v) is 5.98. The van der Waals surface area contributed by atoms with E-state index in [2.05, 4.69) is 10.0 Å². The summed E-state index contributed by atoms with van der Waals surface area (Å²) in [5.74, 6) is -0.582. The molecule has 2 aliphatic rings. The second-order valence-electron chi connectivity index (χ2n) is 7.81. The van der Waals surface area contributed by atoms with Crippen molar-refractivity contribution in [2.75, 3.05) is 23.1 Å². The smallest absolute Gasteiger partial charge is 0.261 e. The Morgan fingerprint density at radius 1 is 1.10 bits per heavy atom. The highest BCUT2D eigenvalue weighted by Gasteiger charge is 2.36. The van der Waals surface area contributed by atoms with Crippen LogP contribution in [-0.2, 0) is 19.6 Å². The Labute approximate surface area is 186 Å². The van der Waals surface area contributed by atoms with Gasteiger partial charge in [0, 0.05) is 18.0 Å². The minimum absolute atomic E-state index is 0.0488. The van der Waals surface area contributed by atoms with Gasteiger partial charge in [-0.1, -0.05) is 31.0 Å². The summed E-state index contributed by atoms with van der Waals surface area (Å²) >= 11 is 1.18. The van der Waals surface area contributed by atoms with Crippen LogP contribution in [0.3, 0.4) is 0 Å². The number of fused-ring (bicyclic) bond motifs is 1. The number of likely N-dealkylation sites (tertiary alicyclic amines) is 1. The van der Waals surface area contributed by atoms with Crippen molar-refractivity contribution in [2.45, 2.75) is 47.6 Å². The van der Waals surface area contributed by atoms with Crippen molar-refractivity contribution in [3.8, 4) is 0 Å². The van der Waals surface area contributed by atoms with Gasteiger partial charge in [-0.25, -0.2) is 8.42 Å². The summed E-state index contributed by atoms with van der Waals surface area (Å²) in [7, 11) is -3.82. The summed E-state index contributed by atoms with van der Waals surface area (Å²) in [6.07, 6.45) is 4.11. The van der Waals surface area contributed by atoms with E-state index >= 15 is 0 Å². The van der Waals surface area contributed by atoms with Crippen LogP contribution in [0.5, 0.6) is 0 Å². The van der Waals surface area contributed by atoms with Gasteiger partial charge in [-0.15, -0.1) is 11.8 Å². The van der Waals surface area contributed by atoms with Crippen molar-refractivity contribution in [3.63, 3.8) is 0 Å². The molecular weight excluding hydrogens is 434 g/mol. The maximum absolute atomic E-state index is 12.9. The van der Waals surface area contributed by atoms with Crippen molar-refractivity contribution < 1.29 is 18.0 Å². The molecular formula is C22H25N3O4S2. The van der Waals surface area contributed by atoms with Crippen LogP contribution in [0.2, 0.25) is 0 Å². The summed E-state index contributed by atoms with van der Waals surface area (Å²) < 4.78 is 28.3. The molecule has 1 unspecified atom stereocenters. The van der Waals surface area contributed by atoms with Crippen molar-refractivity contribution in [2.24, 2.45) is 0 Å². The van der Waals surface area contributed by atoms with E-state index in [-0.39, 0.29) is 10.8 Å². The molecule has 1 fully saturated rings. The third-order valence-corrected chi connectivity index (χ3v) is 8.16. The van der Waals surface area contributed by atoms with Crippen LogP contribution in [0.1, 0.15) is 31.2 Å². The van der Waals surface area contributed by atoms with Crippen molar-refractivity contribution >= 4 is 45.0 Å². The van der Waals surface area contributed by atoms with E-state index in [9.17, 15) is 18.0 Å². The lowest BCUT2D eigenvalue weighted by molar-refractivity contribution is -0.133. The molecule has 0 spiro atoms. The zero-order chi connectivity index (χ0) is 22.0. The fourth-order valence-electron chi connectivity index (χ4n) is 3.77. The number of aryl methyl sites for hydroxylation is 1. The van der Waals surface area contributed by atoms with Gasteiger partial charge in [0.2, 0.25) is 11.8 Å². The van der Waals surface area contributed by atoms with E-state index in [1.807, 2.05) is 19.1 Å². The number of hydrogen-bond acceptors (Lipinski definition) is 5. The molecule has 0 bridgehead atoms. The highest BCUT2D eigenvalue weighted by Crippen LogP contribution is 2.38. The molecule has 1 atom stereocenters. The first-order valence-corrected chi connectivity index (χ1v) is 12.7. The summed E-state index contributed by atoms with van der Waals surface area (Å²) in [5, 5.41) is 1.88. The van der Waals surface area contributed by atoms with Crippen LogP contribution >= 0.6 is 11.8 Å². The number of rotatable bonds is 4. The quantitative estimate of drug-likeness (QED) is 0.681. The van der Waals surface area contributed by atoms with E-state index in [1.165, 1.54) is 23.9 Å². The normalized spacial score (nSPS) is 19.2. The predicted octanol–water partition coefficient (Wildman–Crippen LogP) is 3.61. The summed E-state index contributed by atoms with van der Waals surface area (Å²) in [6, 6.07) is 11.7. The van der Waals surface area contributed by atoms with Crippen LogP contribution in [-0.4, -0.2) is 43.5 Å². The van der Waals surface area contributed by atoms with Crippen molar-refractivity contribution in [1.82, 2.24) is 4.90 Å². The molecule has 2 N–H and O–H groups in total. The van der Waals surface area contributed by atoms with Gasteiger partial charge in [0.1, 0.15) is 0 Å². The number of hydrogen-bond donors (Lipinski definition) is 2. The average Bonchev–Trinajstić information content (AvgIpc) is 3.03. The molecule has 4 rings (SSSR count). The standard InChI is InChI=1S/C22H25N3O4S2/c1-15-8-4-5-9-17(15)24-31(28,29)16-10-11-19-18(14-16)23-21(26)20(30-19)22(27)25-12-6-2-3-7-13-25/h4-5,8-11,14,20,24H,2-3,6-7,12-13H2,1H3,(H,23,26). The van der Waals surface area contributed by atoms with Crippen LogP contribution in [0, 0.1) is 6.92 Å². The third kappa shape index (κ3) is 4.72. The summed E-state index contributed by atoms with van der Waals surface area (Å²) in [6.45, 7) is 3.18. The maximum atomic E-state index is 12.9. The lowest BCUT2D eigenvalue weighted by atomic mass is 10.2. The van der Waals surface area contributed by atoms with Gasteiger partial charge >= 0.3 is 0 Å². The van der Waals surface area contributed by atoms with E-state index < -0.39 is 21.2 Å². The van der Waals surface area contributed by atoms with E-state index in [1.54, 1.807) is 23.1 Å². The number of benzene rings is 2. The largest absolute Gasteiger partial charge is 0.341 e. The van der Waals surface area contributed by atoms with Crippen LogP contribution in [0.25, 0.3) is 0 Å². The first-order chi connectivity index (χ1) is 14.8. The highest BCUT2D eigenvalue weighted by molar-refractivity contribution is 8.01. The molecule has 2 aromatic rings. The Hall–Kier alpha value is -2.52. The number of anilines is 2. The molecule has 9 heteroatoms. The molecule has 1 saturated heterocycles. The minimum Gasteiger partial charge on any atom is -0.341 e. The van der Waals surface area contributed by atoms with Gasteiger partial charge in [-0.3, -0.25) is 14.3 Å². The number of amides is 2. The number of thioether (sulfide) groups is 1. The zero-order valence-electron chi connectivity index (χ0n) is 17.3. The maximum Gasteiger partial charge on any atom is 0.261 e. The van der Waals surface area contributed by atoms with Crippen LogP contribution in [0.4, 0.5) is 11.4 Å². The third-order valence-electron chi connectivity index (χ3n) is 5.53. The van der Waals surface area contributed by atoms with Gasteiger partial charge in [-0.2, -0.15) is 0 Å². The minimum atomic E-state index is -3.82. The van der Waals surface area contributed by atoms with E-state index in [0.717, 1.165) is 31.2 Å². The van der Waals surface area contributed by atoms with Crippen LogP contribution in [0.15, 0.2) is 52.3 Å². The Morgan fingerprint density at radius 2 is 1.81 bits per heavy atom. The molecule has 2 amide bonds. The molecule has 2 heterocycles. The molecule has 0 radical (unpaired) electrons. The lowest BCUT2D eigenvalue weighted by Crippen LogP contribution is -2.45. The molecule has 0 aromatic heterocycles. The Kier molecular flexibility index (Phi) is 6.24. The highest BCUT2D eigenvalue weighted by atomic mass is 32.2. The second kappa shape index (κ2) is 8.92. The average molecular weight is 460 g/mol. The van der Waals surface area contributed by atoms with E-state index in [4.69, 9.17) is 0 Å². The molecule has 0 aliphatic carbocycles. The van der Waals surface area contributed by atoms with Gasteiger partial charge in [-0.05, 0) is 49.6 Å². The Bertz CT molecular complexity index is 1110. The Balaban J connectivity index is 1.54. The predicted molar refractivity (Wildman–Crippen MR) is 122 cm³/mol. The number of nitrogens with one attached hydrogen (secondary N) is 2. The zero-order valence-corrected chi connectivity index (χ0v) is 18.9. The molecule has 7 nitrogen and oxygen atoms in total. The SMILES string of the molecule is Cc1ccccc1NS(=O)(=O)c1ccc2c(c1)NC(=O)C(C(=O)N1CCCCCC1)S2. The Morgan fingerprint density at radius 3 is 2.52 bits per heavy atom. The van der Waals surface area contributed by atoms with Gasteiger partial charge < -0.3 is 10.2 Å². The number of nitrogens with zero attached hydrogens (tertiary/aromatic N) is 1. The van der Waals surface area contributed by atoms with Gasteiger partial charge in [0.05, 0.1) is 16.3 Å². The topological polar surface area (TPSA) is 95.6 Å². The van der Waals surface area contributed by atoms with Gasteiger partial charge in [0.15, 0.2) is 5.25 Å². The number of sulfonamides is 1. The first kappa shape index (κ1) is 21.7. The number of para-hydroxylation sites is 1. The monoisotopic (exact) mass is 459 g/mol. The molecule has 164 valence electrons. The molecule has 2 aliphatic heterocycles. The van der Waals surface area contributed by atoms with Gasteiger partial charge in [0.25, 0.3) is 10.0 Å². The van der Waals surface area contributed by atoms with Crippen LogP contribution < -0.4 is 10.0 Å². The molecule has 0 saturated carbocycles. The number of carbonyl (C=O) groups excluding carboxylic acids is 2. The summed E-state index contributed by atoms with van der Waals surface area (Å²) in [4.78, 5) is 28.1. The molecule has 31 heavy (non-hydrogen) atoms. The second-order valence-corrected chi connectivity index (χ2v) is 10.6. The van der Waals surface area contributed by atoms with Crippen molar-refractivity contribution in [3.05, 3.63) is 48.0 Å². The number of carbonyl (C=O) groups is 2. The fraction of sp³-hybridized carbons (Fsp3) is 0.364. The van der Waals surface area contributed by atoms with E-state index in [0.29, 0.717) is 29.4 Å².